The third kappa shape index (κ3) is 8.31. The fraction of sp³-hybridized carbons (Fsp3) is 0.323. The van der Waals surface area contributed by atoms with Crippen LogP contribution in [0.1, 0.15) is 48.0 Å². The minimum absolute atomic E-state index is 0.0628. The number of carbonyl (C=O) groups is 3. The van der Waals surface area contributed by atoms with Crippen molar-refractivity contribution in [2.45, 2.75) is 32.1 Å². The number of piperidine rings is 1. The van der Waals surface area contributed by atoms with Crippen molar-refractivity contribution in [1.29, 1.82) is 0 Å². The molecule has 0 aliphatic carbocycles. The molecule has 1 heterocycles. The smallest absolute Gasteiger partial charge is 0.323 e. The van der Waals surface area contributed by atoms with Gasteiger partial charge in [0, 0.05) is 36.6 Å². The number of nitrogens with one attached hydrogen (secondary N) is 4. The molecule has 40 heavy (non-hydrogen) atoms. The van der Waals surface area contributed by atoms with Gasteiger partial charge in [0.25, 0.3) is 5.91 Å². The number of methoxy groups -OCH3 is 1. The van der Waals surface area contributed by atoms with Crippen LogP contribution in [0.4, 0.5) is 21.9 Å². The molecule has 0 saturated carbocycles. The Morgan fingerprint density at radius 2 is 1.50 bits per heavy atom. The van der Waals surface area contributed by atoms with E-state index in [9.17, 15) is 14.4 Å². The van der Waals surface area contributed by atoms with E-state index in [0.29, 0.717) is 35.2 Å². The number of urea groups is 1. The first-order chi connectivity index (χ1) is 19.4. The predicted octanol–water partition coefficient (Wildman–Crippen LogP) is 5.30. The lowest BCUT2D eigenvalue weighted by Gasteiger charge is -2.32. The van der Waals surface area contributed by atoms with E-state index in [1.54, 1.807) is 30.3 Å². The van der Waals surface area contributed by atoms with Gasteiger partial charge in [-0.15, -0.1) is 0 Å². The van der Waals surface area contributed by atoms with Crippen molar-refractivity contribution in [3.8, 4) is 5.75 Å². The topological polar surface area (TPSA) is 112 Å². The largest absolute Gasteiger partial charge is 0.496 e. The molecular weight excluding hydrogens is 506 g/mol. The summed E-state index contributed by atoms with van der Waals surface area (Å²) in [5.74, 6) is 0.643. The molecule has 4 amide bonds. The van der Waals surface area contributed by atoms with Crippen LogP contribution in [0.25, 0.3) is 0 Å². The molecule has 1 aliphatic heterocycles. The number of rotatable bonds is 10. The molecule has 9 nitrogen and oxygen atoms in total. The highest BCUT2D eigenvalue weighted by atomic mass is 16.5. The molecule has 1 aliphatic rings. The molecule has 0 bridgehead atoms. The SMILES string of the molecule is COc1cc(NC(=O)Nc2ccccc2)ccc1C(=O)NCCCN1CCC(c2ccc(NC(C)=O)cc2)CC1. The lowest BCUT2D eigenvalue weighted by molar-refractivity contribution is -0.114. The van der Waals surface area contributed by atoms with Gasteiger partial charge in [-0.25, -0.2) is 4.79 Å². The number of ether oxygens (including phenoxy) is 1. The molecule has 0 aromatic heterocycles. The summed E-state index contributed by atoms with van der Waals surface area (Å²) in [6.45, 7) is 5.04. The molecule has 0 atom stereocenters. The Morgan fingerprint density at radius 3 is 2.17 bits per heavy atom. The minimum atomic E-state index is -0.380. The molecule has 0 radical (unpaired) electrons. The molecule has 210 valence electrons. The summed E-state index contributed by atoms with van der Waals surface area (Å²) in [6, 6.07) is 21.9. The van der Waals surface area contributed by atoms with Gasteiger partial charge < -0.3 is 30.9 Å². The number of likely N-dealkylation sites (tertiary alicyclic amines) is 1. The van der Waals surface area contributed by atoms with Crippen LogP contribution in [-0.2, 0) is 4.79 Å². The number of hydrogen-bond donors (Lipinski definition) is 4. The van der Waals surface area contributed by atoms with E-state index >= 15 is 0 Å². The maximum atomic E-state index is 12.8. The Bertz CT molecular complexity index is 1290. The standard InChI is InChI=1S/C31H37N5O4/c1-22(37)33-26-11-9-23(10-12-26)24-15-19-36(20-16-24)18-6-17-32-30(38)28-14-13-27(21-29(28)40-2)35-31(39)34-25-7-4-3-5-8-25/h3-5,7-14,21,24H,6,15-20H2,1-2H3,(H,32,38)(H,33,37)(H2,34,35,39). The summed E-state index contributed by atoms with van der Waals surface area (Å²) in [7, 11) is 1.50. The van der Waals surface area contributed by atoms with Crippen LogP contribution in [0.5, 0.6) is 5.75 Å². The van der Waals surface area contributed by atoms with E-state index in [4.69, 9.17) is 4.74 Å². The van der Waals surface area contributed by atoms with Gasteiger partial charge in [-0.2, -0.15) is 0 Å². The monoisotopic (exact) mass is 543 g/mol. The number of hydrogen-bond acceptors (Lipinski definition) is 5. The second-order valence-electron chi connectivity index (χ2n) is 9.89. The Hall–Kier alpha value is -4.37. The highest BCUT2D eigenvalue weighted by Crippen LogP contribution is 2.29. The number of nitrogens with zero attached hydrogens (tertiary/aromatic N) is 1. The van der Waals surface area contributed by atoms with Crippen LogP contribution >= 0.6 is 0 Å². The number of para-hydroxylation sites is 1. The van der Waals surface area contributed by atoms with Crippen molar-refractivity contribution in [3.05, 3.63) is 83.9 Å². The van der Waals surface area contributed by atoms with Crippen molar-refractivity contribution in [2.75, 3.05) is 49.2 Å². The summed E-state index contributed by atoms with van der Waals surface area (Å²) in [5.41, 5.74) is 3.76. The molecule has 4 N–H and O–H groups in total. The van der Waals surface area contributed by atoms with E-state index in [2.05, 4.69) is 38.3 Å². The highest BCUT2D eigenvalue weighted by Gasteiger charge is 2.20. The van der Waals surface area contributed by atoms with Gasteiger partial charge in [0.15, 0.2) is 0 Å². The highest BCUT2D eigenvalue weighted by molar-refractivity contribution is 6.01. The zero-order chi connectivity index (χ0) is 28.3. The Morgan fingerprint density at radius 1 is 0.850 bits per heavy atom. The Kier molecular flexibility index (Phi) is 10.1. The van der Waals surface area contributed by atoms with Crippen molar-refractivity contribution >= 4 is 34.9 Å². The van der Waals surface area contributed by atoms with Crippen LogP contribution in [0.3, 0.4) is 0 Å². The fourth-order valence-electron chi connectivity index (χ4n) is 4.90. The van der Waals surface area contributed by atoms with E-state index in [1.165, 1.54) is 19.6 Å². The first-order valence-electron chi connectivity index (χ1n) is 13.6. The predicted molar refractivity (Wildman–Crippen MR) is 158 cm³/mol. The van der Waals surface area contributed by atoms with Crippen LogP contribution in [0.15, 0.2) is 72.8 Å². The molecule has 1 saturated heterocycles. The van der Waals surface area contributed by atoms with Crippen LogP contribution in [-0.4, -0.2) is 56.0 Å². The maximum absolute atomic E-state index is 12.8. The van der Waals surface area contributed by atoms with Gasteiger partial charge >= 0.3 is 6.03 Å². The Labute approximate surface area is 235 Å². The van der Waals surface area contributed by atoms with Gasteiger partial charge in [-0.1, -0.05) is 30.3 Å². The average Bonchev–Trinajstić information content (AvgIpc) is 2.96. The van der Waals surface area contributed by atoms with Gasteiger partial charge in [0.2, 0.25) is 5.91 Å². The maximum Gasteiger partial charge on any atom is 0.323 e. The van der Waals surface area contributed by atoms with Gasteiger partial charge in [0.05, 0.1) is 12.7 Å². The van der Waals surface area contributed by atoms with Gasteiger partial charge in [0.1, 0.15) is 5.75 Å². The molecular formula is C31H37N5O4. The van der Waals surface area contributed by atoms with Crippen molar-refractivity contribution in [3.63, 3.8) is 0 Å². The summed E-state index contributed by atoms with van der Waals surface area (Å²) < 4.78 is 5.42. The van der Waals surface area contributed by atoms with E-state index in [-0.39, 0.29) is 17.8 Å². The third-order valence-electron chi connectivity index (χ3n) is 6.96. The van der Waals surface area contributed by atoms with Gasteiger partial charge in [-0.05, 0) is 86.8 Å². The molecule has 1 fully saturated rings. The molecule has 0 spiro atoms. The second-order valence-corrected chi connectivity index (χ2v) is 9.89. The van der Waals surface area contributed by atoms with E-state index in [1.807, 2.05) is 30.3 Å². The lowest BCUT2D eigenvalue weighted by atomic mass is 9.89. The number of amides is 4. The molecule has 3 aromatic rings. The molecule has 3 aromatic carbocycles. The van der Waals surface area contributed by atoms with E-state index in [0.717, 1.165) is 44.6 Å². The molecule has 4 rings (SSSR count). The number of benzene rings is 3. The van der Waals surface area contributed by atoms with Crippen LogP contribution < -0.4 is 26.0 Å². The van der Waals surface area contributed by atoms with Crippen LogP contribution in [0.2, 0.25) is 0 Å². The summed E-state index contributed by atoms with van der Waals surface area (Å²) in [5, 5.41) is 11.3. The molecule has 0 unspecified atom stereocenters. The first-order valence-corrected chi connectivity index (χ1v) is 13.6. The summed E-state index contributed by atoms with van der Waals surface area (Å²) in [4.78, 5) is 38.7. The Balaban J connectivity index is 1.18. The van der Waals surface area contributed by atoms with Gasteiger partial charge in [-0.3, -0.25) is 9.59 Å². The number of anilines is 3. The van der Waals surface area contributed by atoms with Crippen LogP contribution in [0, 0.1) is 0 Å². The van der Waals surface area contributed by atoms with Crippen molar-refractivity contribution in [2.24, 2.45) is 0 Å². The third-order valence-corrected chi connectivity index (χ3v) is 6.96. The van der Waals surface area contributed by atoms with Crippen molar-refractivity contribution in [1.82, 2.24) is 10.2 Å². The van der Waals surface area contributed by atoms with Crippen molar-refractivity contribution < 1.29 is 19.1 Å². The second kappa shape index (κ2) is 14.1. The first kappa shape index (κ1) is 28.6. The summed E-state index contributed by atoms with van der Waals surface area (Å²) in [6.07, 6.45) is 3.03. The number of carbonyl (C=O) groups excluding carboxylic acids is 3. The summed E-state index contributed by atoms with van der Waals surface area (Å²) >= 11 is 0. The lowest BCUT2D eigenvalue weighted by Crippen LogP contribution is -2.35. The van der Waals surface area contributed by atoms with E-state index < -0.39 is 0 Å². The fourth-order valence-corrected chi connectivity index (χ4v) is 4.90. The molecule has 9 heteroatoms. The zero-order valence-electron chi connectivity index (χ0n) is 23.0. The zero-order valence-corrected chi connectivity index (χ0v) is 23.0. The minimum Gasteiger partial charge on any atom is -0.496 e. The normalized spacial score (nSPS) is 13.8. The average molecular weight is 544 g/mol. The quantitative estimate of drug-likeness (QED) is 0.260.